The number of halogens is 3. The maximum absolute atomic E-state index is 13.3. The normalized spacial score (nSPS) is 14.5. The van der Waals surface area contributed by atoms with E-state index in [1.165, 1.54) is 31.5 Å². The number of carbonyl (C=O) groups is 1. The number of rotatable bonds is 9. The number of ether oxygens (including phenoxy) is 2. The number of hydrogen-bond acceptors (Lipinski definition) is 6. The fraction of sp³-hybridized carbons (Fsp3) is 0.318. The summed E-state index contributed by atoms with van der Waals surface area (Å²) in [6, 6.07) is 8.38. The third-order valence-corrected chi connectivity index (χ3v) is 5.31. The molecule has 1 saturated carbocycles. The highest BCUT2D eigenvalue weighted by molar-refractivity contribution is 5.89. The van der Waals surface area contributed by atoms with Gasteiger partial charge in [0.05, 0.1) is 31.1 Å². The lowest BCUT2D eigenvalue weighted by Gasteiger charge is -2.17. The minimum Gasteiger partial charge on any atom is -0.497 e. The van der Waals surface area contributed by atoms with Crippen LogP contribution >= 0.6 is 0 Å². The average molecular weight is 461 g/mol. The lowest BCUT2D eigenvalue weighted by molar-refractivity contribution is -0.138. The first kappa shape index (κ1) is 22.6. The highest BCUT2D eigenvalue weighted by Crippen LogP contribution is 2.40. The number of amides is 1. The zero-order valence-electron chi connectivity index (χ0n) is 17.7. The summed E-state index contributed by atoms with van der Waals surface area (Å²) in [5, 5.41) is 12.8. The molecule has 0 radical (unpaired) electrons. The van der Waals surface area contributed by atoms with Crippen LogP contribution in [0.25, 0.3) is 0 Å². The van der Waals surface area contributed by atoms with Crippen molar-refractivity contribution in [1.82, 2.24) is 25.8 Å². The molecule has 174 valence electrons. The van der Waals surface area contributed by atoms with Crippen LogP contribution in [0.1, 0.15) is 29.8 Å². The highest BCUT2D eigenvalue weighted by Gasteiger charge is 2.49. The van der Waals surface area contributed by atoms with Gasteiger partial charge in [-0.15, -0.1) is 0 Å². The van der Waals surface area contributed by atoms with E-state index in [9.17, 15) is 18.0 Å². The van der Waals surface area contributed by atoms with Gasteiger partial charge in [-0.25, -0.2) is 0 Å². The first-order valence-electron chi connectivity index (χ1n) is 10.2. The standard InChI is InChI=1S/C22H22F3N5O3/c1-32-16-4-5-19(18(10-16)22(23,24)25)33-17-3-2-14(26-13-17)11-27-20(31)21(7-8-21)28-12-15-6-9-29-30-15/h2-6,9-10,13,28H,7-8,11-12H2,1H3,(H,27,31)(H,29,30). The zero-order chi connectivity index (χ0) is 23.5. The van der Waals surface area contributed by atoms with E-state index in [2.05, 4.69) is 25.8 Å². The van der Waals surface area contributed by atoms with E-state index in [1.807, 2.05) is 6.07 Å². The quantitative estimate of drug-likeness (QED) is 0.451. The Kier molecular flexibility index (Phi) is 6.23. The molecule has 0 bridgehead atoms. The van der Waals surface area contributed by atoms with Crippen LogP contribution in [0.5, 0.6) is 17.2 Å². The molecule has 1 amide bonds. The topological polar surface area (TPSA) is 101 Å². The third kappa shape index (κ3) is 5.43. The van der Waals surface area contributed by atoms with Crippen LogP contribution in [0.15, 0.2) is 48.8 Å². The predicted molar refractivity (Wildman–Crippen MR) is 112 cm³/mol. The molecule has 1 aromatic carbocycles. The van der Waals surface area contributed by atoms with Gasteiger partial charge in [-0.1, -0.05) is 0 Å². The number of alkyl halides is 3. The molecule has 3 N–H and O–H groups in total. The van der Waals surface area contributed by atoms with Crippen LogP contribution < -0.4 is 20.1 Å². The number of carbonyl (C=O) groups excluding carboxylic acids is 1. The fourth-order valence-electron chi connectivity index (χ4n) is 3.25. The largest absolute Gasteiger partial charge is 0.497 e. The summed E-state index contributed by atoms with van der Waals surface area (Å²) < 4.78 is 50.3. The number of pyridine rings is 1. The van der Waals surface area contributed by atoms with Gasteiger partial charge < -0.3 is 14.8 Å². The Bertz CT molecular complexity index is 1100. The minimum absolute atomic E-state index is 0.0753. The van der Waals surface area contributed by atoms with Crippen molar-refractivity contribution in [3.05, 3.63) is 65.7 Å². The number of hydrogen-bond donors (Lipinski definition) is 3. The second-order valence-electron chi connectivity index (χ2n) is 7.65. The van der Waals surface area contributed by atoms with Crippen molar-refractivity contribution < 1.29 is 27.4 Å². The number of nitrogens with zero attached hydrogens (tertiary/aromatic N) is 2. The first-order valence-corrected chi connectivity index (χ1v) is 10.2. The molecule has 11 heteroatoms. The lowest BCUT2D eigenvalue weighted by atomic mass is 10.2. The first-order chi connectivity index (χ1) is 15.8. The maximum Gasteiger partial charge on any atom is 0.420 e. The van der Waals surface area contributed by atoms with Crippen molar-refractivity contribution in [2.24, 2.45) is 0 Å². The highest BCUT2D eigenvalue weighted by atomic mass is 19.4. The van der Waals surface area contributed by atoms with Gasteiger partial charge >= 0.3 is 6.18 Å². The van der Waals surface area contributed by atoms with Crippen LogP contribution in [-0.4, -0.2) is 33.7 Å². The van der Waals surface area contributed by atoms with Crippen molar-refractivity contribution in [1.29, 1.82) is 0 Å². The van der Waals surface area contributed by atoms with Gasteiger partial charge in [-0.2, -0.15) is 18.3 Å². The second kappa shape index (κ2) is 9.10. The van der Waals surface area contributed by atoms with Gasteiger partial charge in [0.2, 0.25) is 5.91 Å². The Morgan fingerprint density at radius 1 is 1.15 bits per heavy atom. The molecule has 1 fully saturated rings. The summed E-state index contributed by atoms with van der Waals surface area (Å²) in [5.41, 5.74) is -0.116. The lowest BCUT2D eigenvalue weighted by Crippen LogP contribution is -2.46. The summed E-state index contributed by atoms with van der Waals surface area (Å²) in [4.78, 5) is 16.8. The average Bonchev–Trinajstić information content (AvgIpc) is 3.42. The molecule has 4 rings (SSSR count). The van der Waals surface area contributed by atoms with Gasteiger partial charge in [-0.3, -0.25) is 20.2 Å². The molecule has 2 aromatic heterocycles. The molecule has 0 saturated heterocycles. The van der Waals surface area contributed by atoms with Crippen LogP contribution in [-0.2, 0) is 24.1 Å². The Morgan fingerprint density at radius 2 is 1.94 bits per heavy atom. The zero-order valence-corrected chi connectivity index (χ0v) is 17.7. The summed E-state index contributed by atoms with van der Waals surface area (Å²) >= 11 is 0. The summed E-state index contributed by atoms with van der Waals surface area (Å²) in [6.07, 6.45) is -0.178. The molecule has 8 nitrogen and oxygen atoms in total. The van der Waals surface area contributed by atoms with Crippen molar-refractivity contribution in [3.63, 3.8) is 0 Å². The number of benzene rings is 1. The van der Waals surface area contributed by atoms with Gasteiger partial charge in [0.15, 0.2) is 0 Å². The van der Waals surface area contributed by atoms with E-state index < -0.39 is 17.3 Å². The molecular formula is C22H22F3N5O3. The smallest absolute Gasteiger partial charge is 0.420 e. The summed E-state index contributed by atoms with van der Waals surface area (Å²) in [5.74, 6) is -0.269. The van der Waals surface area contributed by atoms with E-state index in [0.29, 0.717) is 12.2 Å². The minimum atomic E-state index is -4.61. The number of aromatic amines is 1. The van der Waals surface area contributed by atoms with E-state index in [0.717, 1.165) is 24.6 Å². The Balaban J connectivity index is 1.34. The van der Waals surface area contributed by atoms with E-state index in [-0.39, 0.29) is 29.7 Å². The molecule has 0 atom stereocenters. The molecule has 33 heavy (non-hydrogen) atoms. The Labute approximate surface area is 187 Å². The summed E-state index contributed by atoms with van der Waals surface area (Å²) in [7, 11) is 1.29. The number of nitrogens with one attached hydrogen (secondary N) is 3. The number of aromatic nitrogens is 3. The van der Waals surface area contributed by atoms with E-state index >= 15 is 0 Å². The SMILES string of the molecule is COc1ccc(Oc2ccc(CNC(=O)C3(NCc4ccn[nH]4)CC3)nc2)c(C(F)(F)F)c1. The van der Waals surface area contributed by atoms with Crippen LogP contribution in [0, 0.1) is 0 Å². The fourth-order valence-corrected chi connectivity index (χ4v) is 3.25. The molecule has 0 unspecified atom stereocenters. The molecule has 1 aliphatic carbocycles. The van der Waals surface area contributed by atoms with Crippen molar-refractivity contribution >= 4 is 5.91 Å². The van der Waals surface area contributed by atoms with Crippen LogP contribution in [0.3, 0.4) is 0 Å². The Hall–Kier alpha value is -3.60. The second-order valence-corrected chi connectivity index (χ2v) is 7.65. The van der Waals surface area contributed by atoms with Crippen molar-refractivity contribution in [2.45, 2.75) is 37.6 Å². The van der Waals surface area contributed by atoms with Gasteiger partial charge in [0.25, 0.3) is 0 Å². The molecular weight excluding hydrogens is 439 g/mol. The number of methoxy groups -OCH3 is 1. The molecule has 0 spiro atoms. The predicted octanol–water partition coefficient (Wildman–Crippen LogP) is 3.56. The monoisotopic (exact) mass is 461 g/mol. The molecule has 1 aliphatic rings. The van der Waals surface area contributed by atoms with E-state index in [4.69, 9.17) is 9.47 Å². The Morgan fingerprint density at radius 3 is 2.55 bits per heavy atom. The van der Waals surface area contributed by atoms with Crippen LogP contribution in [0.2, 0.25) is 0 Å². The van der Waals surface area contributed by atoms with Gasteiger partial charge in [0.1, 0.15) is 22.8 Å². The van der Waals surface area contributed by atoms with Crippen molar-refractivity contribution in [2.75, 3.05) is 7.11 Å². The number of H-pyrrole nitrogens is 1. The van der Waals surface area contributed by atoms with Gasteiger partial charge in [-0.05, 0) is 49.2 Å². The molecule has 0 aliphatic heterocycles. The maximum atomic E-state index is 13.3. The van der Waals surface area contributed by atoms with E-state index in [1.54, 1.807) is 12.3 Å². The van der Waals surface area contributed by atoms with Crippen molar-refractivity contribution in [3.8, 4) is 17.2 Å². The molecule has 3 aromatic rings. The molecule has 2 heterocycles. The third-order valence-electron chi connectivity index (χ3n) is 5.31. The van der Waals surface area contributed by atoms with Crippen LogP contribution in [0.4, 0.5) is 13.2 Å². The van der Waals surface area contributed by atoms with Gasteiger partial charge in [0, 0.05) is 18.4 Å². The summed E-state index contributed by atoms with van der Waals surface area (Å²) in [6.45, 7) is 0.686.